The minimum absolute atomic E-state index is 0.0106. The van der Waals surface area contributed by atoms with Crippen LogP contribution in [0.5, 0.6) is 0 Å². The lowest BCUT2D eigenvalue weighted by molar-refractivity contribution is -0.139. The zero-order valence-corrected chi connectivity index (χ0v) is 11.8. The maximum Gasteiger partial charge on any atom is 0.250 e. The van der Waals surface area contributed by atoms with Crippen LogP contribution in [-0.4, -0.2) is 60.9 Å². The molecule has 3 atom stereocenters. The third-order valence-electron chi connectivity index (χ3n) is 4.36. The Labute approximate surface area is 115 Å². The molecular weight excluding hydrogens is 244 g/mol. The van der Waals surface area contributed by atoms with Gasteiger partial charge in [0.1, 0.15) is 6.10 Å². The molecule has 0 spiro atoms. The predicted molar refractivity (Wildman–Crippen MR) is 72.8 cm³/mol. The van der Waals surface area contributed by atoms with Crippen LogP contribution < -0.4 is 5.32 Å². The molecule has 0 radical (unpaired) electrons. The van der Waals surface area contributed by atoms with Crippen LogP contribution >= 0.6 is 0 Å². The number of nitrogens with zero attached hydrogens (tertiary/aromatic N) is 1. The van der Waals surface area contributed by atoms with Gasteiger partial charge in [-0.1, -0.05) is 19.8 Å². The van der Waals surface area contributed by atoms with E-state index < -0.39 is 0 Å². The van der Waals surface area contributed by atoms with Crippen LogP contribution in [0.15, 0.2) is 0 Å². The molecule has 0 aromatic heterocycles. The molecule has 1 aliphatic heterocycles. The smallest absolute Gasteiger partial charge is 0.250 e. The van der Waals surface area contributed by atoms with Crippen LogP contribution in [0.2, 0.25) is 0 Å². The van der Waals surface area contributed by atoms with Gasteiger partial charge in [-0.05, 0) is 19.4 Å². The number of hydrogen-bond donors (Lipinski definition) is 2. The molecule has 0 aromatic rings. The monoisotopic (exact) mass is 270 g/mol. The average molecular weight is 270 g/mol. The molecule has 2 fully saturated rings. The minimum Gasteiger partial charge on any atom is -0.396 e. The van der Waals surface area contributed by atoms with Gasteiger partial charge in [0.2, 0.25) is 0 Å². The lowest BCUT2D eigenvalue weighted by Crippen LogP contribution is -2.53. The zero-order chi connectivity index (χ0) is 13.7. The van der Waals surface area contributed by atoms with E-state index in [9.17, 15) is 9.90 Å². The number of carbonyl (C=O) groups is 1. The van der Waals surface area contributed by atoms with Crippen molar-refractivity contribution >= 4 is 5.91 Å². The van der Waals surface area contributed by atoms with Crippen LogP contribution in [0, 0.1) is 5.92 Å². The van der Waals surface area contributed by atoms with Gasteiger partial charge in [0.05, 0.1) is 6.61 Å². The number of morpholine rings is 1. The molecule has 1 saturated carbocycles. The SMILES string of the molecule is CCN1CCOC(C(=O)NC2CCCCC2CO)C1. The van der Waals surface area contributed by atoms with E-state index in [1.165, 1.54) is 0 Å². The molecule has 1 amide bonds. The van der Waals surface area contributed by atoms with E-state index in [0.717, 1.165) is 38.8 Å². The quantitative estimate of drug-likeness (QED) is 0.775. The lowest BCUT2D eigenvalue weighted by atomic mass is 9.85. The summed E-state index contributed by atoms with van der Waals surface area (Å²) in [5.41, 5.74) is 0. The van der Waals surface area contributed by atoms with Crippen molar-refractivity contribution in [2.24, 2.45) is 5.92 Å². The number of hydrogen-bond acceptors (Lipinski definition) is 4. The second-order valence-corrected chi connectivity index (χ2v) is 5.59. The standard InChI is InChI=1S/C14H26N2O3/c1-2-16-7-8-19-13(9-16)14(18)15-12-6-4-3-5-11(12)10-17/h11-13,17H,2-10H2,1H3,(H,15,18). The molecule has 19 heavy (non-hydrogen) atoms. The summed E-state index contributed by atoms with van der Waals surface area (Å²) in [4.78, 5) is 14.5. The van der Waals surface area contributed by atoms with Gasteiger partial charge >= 0.3 is 0 Å². The first kappa shape index (κ1) is 14.8. The Kier molecular flexibility index (Phi) is 5.60. The van der Waals surface area contributed by atoms with Crippen molar-refractivity contribution in [1.29, 1.82) is 0 Å². The predicted octanol–water partition coefficient (Wildman–Crippen LogP) is 0.374. The van der Waals surface area contributed by atoms with E-state index in [1.54, 1.807) is 0 Å². The lowest BCUT2D eigenvalue weighted by Gasteiger charge is -2.35. The van der Waals surface area contributed by atoms with Crippen molar-refractivity contribution in [1.82, 2.24) is 10.2 Å². The zero-order valence-electron chi connectivity index (χ0n) is 11.8. The number of aliphatic hydroxyl groups excluding tert-OH is 1. The van der Waals surface area contributed by atoms with Gasteiger partial charge in [0.15, 0.2) is 0 Å². The Bertz CT molecular complexity index is 298. The van der Waals surface area contributed by atoms with Gasteiger partial charge in [-0.2, -0.15) is 0 Å². The van der Waals surface area contributed by atoms with E-state index in [2.05, 4.69) is 17.1 Å². The highest BCUT2D eigenvalue weighted by molar-refractivity contribution is 5.81. The van der Waals surface area contributed by atoms with Crippen molar-refractivity contribution in [3.63, 3.8) is 0 Å². The molecule has 2 aliphatic rings. The first-order valence-electron chi connectivity index (χ1n) is 7.49. The fourth-order valence-corrected chi connectivity index (χ4v) is 3.04. The van der Waals surface area contributed by atoms with Gasteiger partial charge in [-0.25, -0.2) is 0 Å². The van der Waals surface area contributed by atoms with E-state index >= 15 is 0 Å². The molecular formula is C14H26N2O3. The number of ether oxygens (including phenoxy) is 1. The molecule has 0 bridgehead atoms. The Morgan fingerprint density at radius 3 is 2.95 bits per heavy atom. The van der Waals surface area contributed by atoms with Crippen molar-refractivity contribution in [2.75, 3.05) is 32.8 Å². The normalized spacial score (nSPS) is 33.1. The molecule has 5 heteroatoms. The topological polar surface area (TPSA) is 61.8 Å². The number of aliphatic hydroxyl groups is 1. The molecule has 1 saturated heterocycles. The summed E-state index contributed by atoms with van der Waals surface area (Å²) in [6.45, 7) is 5.43. The number of likely N-dealkylation sites (N-methyl/N-ethyl adjacent to an activating group) is 1. The van der Waals surface area contributed by atoms with Gasteiger partial charge in [0, 0.05) is 31.7 Å². The Balaban J connectivity index is 1.85. The number of carbonyl (C=O) groups excluding carboxylic acids is 1. The second-order valence-electron chi connectivity index (χ2n) is 5.59. The second kappa shape index (κ2) is 7.22. The molecule has 3 unspecified atom stereocenters. The Morgan fingerprint density at radius 1 is 1.42 bits per heavy atom. The van der Waals surface area contributed by atoms with Crippen LogP contribution in [0.1, 0.15) is 32.6 Å². The average Bonchev–Trinajstić information content (AvgIpc) is 2.47. The summed E-state index contributed by atoms with van der Waals surface area (Å²) in [5, 5.41) is 12.5. The van der Waals surface area contributed by atoms with Crippen molar-refractivity contribution in [3.05, 3.63) is 0 Å². The Morgan fingerprint density at radius 2 is 2.21 bits per heavy atom. The first-order valence-corrected chi connectivity index (χ1v) is 7.49. The van der Waals surface area contributed by atoms with E-state index in [4.69, 9.17) is 4.74 Å². The first-order chi connectivity index (χ1) is 9.24. The largest absolute Gasteiger partial charge is 0.396 e. The van der Waals surface area contributed by atoms with Crippen LogP contribution in [0.3, 0.4) is 0 Å². The van der Waals surface area contributed by atoms with E-state index in [1.807, 2.05) is 0 Å². The summed E-state index contributed by atoms with van der Waals surface area (Å²) in [7, 11) is 0. The molecule has 5 nitrogen and oxygen atoms in total. The van der Waals surface area contributed by atoms with Crippen LogP contribution in [-0.2, 0) is 9.53 Å². The highest BCUT2D eigenvalue weighted by Crippen LogP contribution is 2.24. The van der Waals surface area contributed by atoms with E-state index in [0.29, 0.717) is 13.2 Å². The third kappa shape index (κ3) is 3.91. The molecule has 0 aromatic carbocycles. The molecule has 2 N–H and O–H groups in total. The molecule has 1 heterocycles. The molecule has 1 aliphatic carbocycles. The van der Waals surface area contributed by atoms with Crippen molar-refractivity contribution in [2.45, 2.75) is 44.8 Å². The van der Waals surface area contributed by atoms with Gasteiger partial charge in [-0.3, -0.25) is 9.69 Å². The number of amides is 1. The summed E-state index contributed by atoms with van der Waals surface area (Å²) in [6.07, 6.45) is 3.92. The fourth-order valence-electron chi connectivity index (χ4n) is 3.04. The number of nitrogens with one attached hydrogen (secondary N) is 1. The minimum atomic E-state index is -0.352. The maximum absolute atomic E-state index is 12.2. The summed E-state index contributed by atoms with van der Waals surface area (Å²) < 4.78 is 5.57. The van der Waals surface area contributed by atoms with Gasteiger partial charge < -0.3 is 15.2 Å². The summed E-state index contributed by atoms with van der Waals surface area (Å²) in [5.74, 6) is 0.201. The molecule has 2 rings (SSSR count). The van der Waals surface area contributed by atoms with Crippen LogP contribution in [0.25, 0.3) is 0 Å². The van der Waals surface area contributed by atoms with Crippen LogP contribution in [0.4, 0.5) is 0 Å². The van der Waals surface area contributed by atoms with Crippen molar-refractivity contribution in [3.8, 4) is 0 Å². The highest BCUT2D eigenvalue weighted by Gasteiger charge is 2.31. The number of rotatable bonds is 4. The van der Waals surface area contributed by atoms with Gasteiger partial charge in [0.25, 0.3) is 5.91 Å². The molecule has 110 valence electrons. The highest BCUT2D eigenvalue weighted by atomic mass is 16.5. The maximum atomic E-state index is 12.2. The van der Waals surface area contributed by atoms with E-state index in [-0.39, 0.29) is 30.6 Å². The third-order valence-corrected chi connectivity index (χ3v) is 4.36. The Hall–Kier alpha value is -0.650. The van der Waals surface area contributed by atoms with Crippen molar-refractivity contribution < 1.29 is 14.6 Å². The fraction of sp³-hybridized carbons (Fsp3) is 0.929. The summed E-state index contributed by atoms with van der Waals surface area (Å²) >= 11 is 0. The van der Waals surface area contributed by atoms with Gasteiger partial charge in [-0.15, -0.1) is 0 Å². The summed E-state index contributed by atoms with van der Waals surface area (Å²) in [6, 6.07) is 0.117.